The molecule has 1 aromatic carbocycles. The van der Waals surface area contributed by atoms with E-state index in [1.54, 1.807) is 18.2 Å². The van der Waals surface area contributed by atoms with Crippen molar-refractivity contribution in [2.75, 3.05) is 12.8 Å². The molecule has 14 heavy (non-hydrogen) atoms. The van der Waals surface area contributed by atoms with Gasteiger partial charge in [-0.1, -0.05) is 19.1 Å². The van der Waals surface area contributed by atoms with Gasteiger partial charge < -0.3 is 5.73 Å². The van der Waals surface area contributed by atoms with Crippen molar-refractivity contribution in [1.29, 1.82) is 0 Å². The highest BCUT2D eigenvalue weighted by atomic mass is 32.2. The fraction of sp³-hybridized carbons (Fsp3) is 0.400. The van der Waals surface area contributed by atoms with E-state index in [1.807, 2.05) is 13.0 Å². The average molecular weight is 213 g/mol. The van der Waals surface area contributed by atoms with Crippen molar-refractivity contribution in [3.8, 4) is 0 Å². The van der Waals surface area contributed by atoms with Gasteiger partial charge >= 0.3 is 0 Å². The van der Waals surface area contributed by atoms with Crippen LogP contribution in [0.25, 0.3) is 0 Å². The molecule has 1 atom stereocenters. The third kappa shape index (κ3) is 2.56. The van der Waals surface area contributed by atoms with Gasteiger partial charge in [0.1, 0.15) is 0 Å². The molecule has 0 radical (unpaired) electrons. The van der Waals surface area contributed by atoms with Gasteiger partial charge in [0.15, 0.2) is 9.84 Å². The van der Waals surface area contributed by atoms with Crippen LogP contribution in [0, 0.1) is 0 Å². The summed E-state index contributed by atoms with van der Waals surface area (Å²) in [6.45, 7) is 2.49. The first-order chi connectivity index (χ1) is 6.45. The highest BCUT2D eigenvalue weighted by molar-refractivity contribution is 7.90. The van der Waals surface area contributed by atoms with Gasteiger partial charge in [-0.15, -0.1) is 0 Å². The Balaban J connectivity index is 3.14. The molecule has 0 heterocycles. The second-order valence-corrected chi connectivity index (χ2v) is 5.50. The second-order valence-electron chi connectivity index (χ2n) is 3.48. The normalized spacial score (nSPS) is 13.9. The van der Waals surface area contributed by atoms with E-state index in [4.69, 9.17) is 5.73 Å². The van der Waals surface area contributed by atoms with Gasteiger partial charge in [-0.2, -0.15) is 0 Å². The molecule has 0 aliphatic carbocycles. The minimum Gasteiger partial charge on any atom is -0.330 e. The first-order valence-corrected chi connectivity index (χ1v) is 6.34. The zero-order valence-electron chi connectivity index (χ0n) is 8.40. The number of hydrogen-bond acceptors (Lipinski definition) is 3. The van der Waals surface area contributed by atoms with Gasteiger partial charge in [0.05, 0.1) is 4.90 Å². The number of nitrogens with two attached hydrogens (primary N) is 1. The van der Waals surface area contributed by atoms with E-state index in [0.29, 0.717) is 11.4 Å². The van der Waals surface area contributed by atoms with Gasteiger partial charge in [-0.05, 0) is 30.2 Å². The summed E-state index contributed by atoms with van der Waals surface area (Å²) in [4.78, 5) is 0.357. The van der Waals surface area contributed by atoms with Gasteiger partial charge in [-0.25, -0.2) is 8.42 Å². The third-order valence-corrected chi connectivity index (χ3v) is 3.32. The molecule has 1 rings (SSSR count). The summed E-state index contributed by atoms with van der Waals surface area (Å²) in [6.07, 6.45) is 1.21. The Bertz CT molecular complexity index is 412. The lowest BCUT2D eigenvalue weighted by Gasteiger charge is -2.09. The molecule has 0 amide bonds. The molecule has 2 N–H and O–H groups in total. The number of rotatable bonds is 3. The first kappa shape index (κ1) is 11.2. The topological polar surface area (TPSA) is 60.2 Å². The van der Waals surface area contributed by atoms with Crippen LogP contribution in [0.1, 0.15) is 18.4 Å². The quantitative estimate of drug-likeness (QED) is 0.819. The van der Waals surface area contributed by atoms with Gasteiger partial charge in [0.2, 0.25) is 0 Å². The first-order valence-electron chi connectivity index (χ1n) is 4.45. The van der Waals surface area contributed by atoms with Crippen molar-refractivity contribution < 1.29 is 8.42 Å². The molecular weight excluding hydrogens is 198 g/mol. The summed E-state index contributed by atoms with van der Waals surface area (Å²) in [7, 11) is -3.11. The lowest BCUT2D eigenvalue weighted by atomic mass is 10.0. The maximum atomic E-state index is 11.3. The van der Waals surface area contributed by atoms with Crippen molar-refractivity contribution in [2.24, 2.45) is 5.73 Å². The molecule has 78 valence electrons. The Morgan fingerprint density at radius 3 is 2.57 bits per heavy atom. The predicted octanol–water partition coefficient (Wildman–Crippen LogP) is 1.15. The fourth-order valence-corrected chi connectivity index (χ4v) is 1.86. The molecule has 1 unspecified atom stereocenters. The lowest BCUT2D eigenvalue weighted by Crippen LogP contribution is -2.09. The average Bonchev–Trinajstić information content (AvgIpc) is 2.15. The number of sulfone groups is 1. The van der Waals surface area contributed by atoms with Gasteiger partial charge in [0.25, 0.3) is 0 Å². The monoisotopic (exact) mass is 213 g/mol. The third-order valence-electron chi connectivity index (χ3n) is 2.21. The Morgan fingerprint density at radius 1 is 1.43 bits per heavy atom. The van der Waals surface area contributed by atoms with Crippen LogP contribution in [0.3, 0.4) is 0 Å². The SMILES string of the molecule is CC(CN)c1cccc(S(C)(=O)=O)c1. The zero-order chi connectivity index (χ0) is 10.8. The molecule has 3 nitrogen and oxygen atoms in total. The minimum atomic E-state index is -3.11. The van der Waals surface area contributed by atoms with E-state index >= 15 is 0 Å². The molecule has 4 heteroatoms. The summed E-state index contributed by atoms with van der Waals surface area (Å²) in [5, 5.41) is 0. The molecule has 0 aromatic heterocycles. The van der Waals surface area contributed by atoms with Crippen LogP contribution in [0.2, 0.25) is 0 Å². The summed E-state index contributed by atoms with van der Waals surface area (Å²) in [6, 6.07) is 6.93. The fourth-order valence-electron chi connectivity index (χ4n) is 1.19. The maximum Gasteiger partial charge on any atom is 0.175 e. The molecule has 0 saturated carbocycles. The summed E-state index contributed by atoms with van der Waals surface area (Å²) < 4.78 is 22.5. The molecule has 0 fully saturated rings. The molecule has 0 saturated heterocycles. The smallest absolute Gasteiger partial charge is 0.175 e. The number of hydrogen-bond donors (Lipinski definition) is 1. The van der Waals surface area contributed by atoms with Crippen LogP contribution in [-0.4, -0.2) is 21.2 Å². The van der Waals surface area contributed by atoms with Crippen LogP contribution in [0.4, 0.5) is 0 Å². The number of benzene rings is 1. The standard InChI is InChI=1S/C10H15NO2S/c1-8(7-11)9-4-3-5-10(6-9)14(2,12)13/h3-6,8H,7,11H2,1-2H3. The summed E-state index contributed by atoms with van der Waals surface area (Å²) >= 11 is 0. The van der Waals surface area contributed by atoms with E-state index in [0.717, 1.165) is 5.56 Å². The summed E-state index contributed by atoms with van der Waals surface area (Å²) in [5.74, 6) is 0.191. The van der Waals surface area contributed by atoms with E-state index < -0.39 is 9.84 Å². The van der Waals surface area contributed by atoms with Gasteiger partial charge in [-0.3, -0.25) is 0 Å². The van der Waals surface area contributed by atoms with Crippen molar-refractivity contribution in [3.63, 3.8) is 0 Å². The Morgan fingerprint density at radius 2 is 2.07 bits per heavy atom. The molecule has 0 spiro atoms. The predicted molar refractivity (Wildman–Crippen MR) is 57.0 cm³/mol. The van der Waals surface area contributed by atoms with E-state index in [-0.39, 0.29) is 5.92 Å². The highest BCUT2D eigenvalue weighted by Crippen LogP contribution is 2.17. The van der Waals surface area contributed by atoms with Crippen LogP contribution in [-0.2, 0) is 9.84 Å². The second kappa shape index (κ2) is 4.11. The van der Waals surface area contributed by atoms with E-state index in [1.165, 1.54) is 6.26 Å². The van der Waals surface area contributed by atoms with Crippen LogP contribution >= 0.6 is 0 Å². The van der Waals surface area contributed by atoms with Crippen molar-refractivity contribution >= 4 is 9.84 Å². The van der Waals surface area contributed by atoms with Crippen molar-refractivity contribution in [2.45, 2.75) is 17.7 Å². The van der Waals surface area contributed by atoms with Crippen LogP contribution in [0.15, 0.2) is 29.2 Å². The van der Waals surface area contributed by atoms with E-state index in [2.05, 4.69) is 0 Å². The minimum absolute atomic E-state index is 0.191. The molecule has 0 aliphatic heterocycles. The maximum absolute atomic E-state index is 11.3. The van der Waals surface area contributed by atoms with E-state index in [9.17, 15) is 8.42 Å². The highest BCUT2D eigenvalue weighted by Gasteiger charge is 2.09. The Labute approximate surface area is 84.9 Å². The lowest BCUT2D eigenvalue weighted by molar-refractivity contribution is 0.601. The van der Waals surface area contributed by atoms with Gasteiger partial charge in [0, 0.05) is 6.26 Å². The molecule has 1 aromatic rings. The van der Waals surface area contributed by atoms with Crippen LogP contribution in [0.5, 0.6) is 0 Å². The summed E-state index contributed by atoms with van der Waals surface area (Å²) in [5.41, 5.74) is 6.48. The zero-order valence-corrected chi connectivity index (χ0v) is 9.21. The van der Waals surface area contributed by atoms with Crippen LogP contribution < -0.4 is 5.73 Å². The molecule has 0 aliphatic rings. The van der Waals surface area contributed by atoms with Crippen molar-refractivity contribution in [1.82, 2.24) is 0 Å². The Kier molecular flexibility index (Phi) is 3.29. The largest absolute Gasteiger partial charge is 0.330 e. The van der Waals surface area contributed by atoms with Crippen molar-refractivity contribution in [3.05, 3.63) is 29.8 Å². The Hall–Kier alpha value is -0.870. The molecule has 0 bridgehead atoms. The molecular formula is C10H15NO2S.